The normalized spacial score (nSPS) is 11.9. The number of hydrogen-bond donors (Lipinski definition) is 0. The summed E-state index contributed by atoms with van der Waals surface area (Å²) in [7, 11) is 0. The van der Waals surface area contributed by atoms with Gasteiger partial charge in [0.15, 0.2) is 17.5 Å². The Morgan fingerprint density at radius 1 is 0.333 bits per heavy atom. The van der Waals surface area contributed by atoms with E-state index in [0.29, 0.717) is 17.5 Å². The summed E-state index contributed by atoms with van der Waals surface area (Å²) in [6.45, 7) is 0. The van der Waals surface area contributed by atoms with Gasteiger partial charge in [-0.2, -0.15) is 0 Å². The fourth-order valence-electron chi connectivity index (χ4n) is 8.23. The van der Waals surface area contributed by atoms with Gasteiger partial charge in [-0.05, 0) is 70.8 Å². The molecule has 0 aliphatic rings. The van der Waals surface area contributed by atoms with Gasteiger partial charge in [-0.1, -0.05) is 127 Å². The number of hydrogen-bond acceptors (Lipinski definition) is 6. The van der Waals surface area contributed by atoms with Gasteiger partial charge in [0.05, 0.1) is 0 Å². The number of furan rings is 2. The van der Waals surface area contributed by atoms with E-state index in [9.17, 15) is 0 Å². The molecule has 0 unspecified atom stereocenters. The molecule has 0 spiro atoms. The van der Waals surface area contributed by atoms with Crippen LogP contribution in [0.15, 0.2) is 185 Å². The zero-order valence-electron chi connectivity index (χ0n) is 30.3. The standard InChI is InChI=1S/C51H29N3O2S/c1-3-12-30(13-4-1)49-52-50(31-14-5-2-6-15-31)54-51(53-49)33-22-24-36-41-26-32(23-25-43(41)55-44(36)28-33)40-27-34(29-45-47(40)39-17-7-9-20-42(39)56-45)35-18-11-19-38-37-16-8-10-21-46(37)57-48(35)38/h1-29H. The second-order valence-electron chi connectivity index (χ2n) is 14.3. The number of benzene rings is 8. The highest BCUT2D eigenvalue weighted by molar-refractivity contribution is 7.26. The van der Waals surface area contributed by atoms with Crippen molar-refractivity contribution in [3.8, 4) is 56.4 Å². The molecule has 0 atom stereocenters. The van der Waals surface area contributed by atoms with Gasteiger partial charge in [0.1, 0.15) is 22.3 Å². The van der Waals surface area contributed by atoms with Crippen molar-refractivity contribution >= 4 is 75.4 Å². The molecule has 0 saturated heterocycles. The van der Waals surface area contributed by atoms with Gasteiger partial charge in [-0.15, -0.1) is 11.3 Å². The Hall–Kier alpha value is -7.41. The van der Waals surface area contributed by atoms with Crippen LogP contribution in [0.5, 0.6) is 0 Å². The van der Waals surface area contributed by atoms with E-state index in [2.05, 4.69) is 97.1 Å². The van der Waals surface area contributed by atoms with Crippen LogP contribution >= 0.6 is 11.3 Å². The minimum atomic E-state index is 0.588. The minimum absolute atomic E-state index is 0.588. The van der Waals surface area contributed by atoms with E-state index < -0.39 is 0 Å². The smallest absolute Gasteiger partial charge is 0.164 e. The van der Waals surface area contributed by atoms with Crippen LogP contribution in [0, 0.1) is 0 Å². The molecule has 0 amide bonds. The first-order valence-electron chi connectivity index (χ1n) is 18.9. The molecule has 0 fully saturated rings. The van der Waals surface area contributed by atoms with Gasteiger partial charge < -0.3 is 8.83 Å². The first-order valence-corrected chi connectivity index (χ1v) is 19.7. The third kappa shape index (κ3) is 5.19. The molecule has 0 aliphatic carbocycles. The number of thiophene rings is 1. The van der Waals surface area contributed by atoms with Crippen LogP contribution in [0.1, 0.15) is 0 Å². The van der Waals surface area contributed by atoms with Crippen molar-refractivity contribution in [2.45, 2.75) is 0 Å². The highest BCUT2D eigenvalue weighted by atomic mass is 32.1. The summed E-state index contributed by atoms with van der Waals surface area (Å²) in [5, 5.41) is 6.82. The monoisotopic (exact) mass is 747 g/mol. The van der Waals surface area contributed by atoms with Crippen molar-refractivity contribution in [1.82, 2.24) is 15.0 Å². The largest absolute Gasteiger partial charge is 0.456 e. The van der Waals surface area contributed by atoms with Crippen LogP contribution in [0.2, 0.25) is 0 Å². The maximum atomic E-state index is 6.59. The molecule has 12 rings (SSSR count). The molecule has 6 heteroatoms. The molecule has 0 bridgehead atoms. The summed E-state index contributed by atoms with van der Waals surface area (Å²) in [6, 6.07) is 60.9. The lowest BCUT2D eigenvalue weighted by Gasteiger charge is -2.10. The van der Waals surface area contributed by atoms with Gasteiger partial charge in [0, 0.05) is 58.4 Å². The van der Waals surface area contributed by atoms with Crippen molar-refractivity contribution < 1.29 is 8.83 Å². The molecule has 0 radical (unpaired) electrons. The zero-order chi connectivity index (χ0) is 37.5. The van der Waals surface area contributed by atoms with Crippen molar-refractivity contribution in [2.75, 3.05) is 0 Å². The van der Waals surface area contributed by atoms with E-state index in [1.165, 1.54) is 25.7 Å². The molecule has 0 N–H and O–H groups in total. The average Bonchev–Trinajstić information content (AvgIpc) is 3.97. The Morgan fingerprint density at radius 2 is 0.947 bits per heavy atom. The Balaban J connectivity index is 1.02. The molecular formula is C51H29N3O2S. The van der Waals surface area contributed by atoms with E-state index >= 15 is 0 Å². The molecule has 8 aromatic carbocycles. The molecule has 266 valence electrons. The number of rotatable bonds is 5. The second-order valence-corrected chi connectivity index (χ2v) is 15.4. The van der Waals surface area contributed by atoms with Crippen LogP contribution in [-0.4, -0.2) is 15.0 Å². The van der Waals surface area contributed by atoms with Crippen molar-refractivity contribution in [1.29, 1.82) is 0 Å². The van der Waals surface area contributed by atoms with Crippen LogP contribution in [-0.2, 0) is 0 Å². The highest BCUT2D eigenvalue weighted by Gasteiger charge is 2.20. The summed E-state index contributed by atoms with van der Waals surface area (Å²) >= 11 is 1.84. The van der Waals surface area contributed by atoms with Gasteiger partial charge in [-0.25, -0.2) is 15.0 Å². The summed E-state index contributed by atoms with van der Waals surface area (Å²) < 4.78 is 15.7. The van der Waals surface area contributed by atoms with E-state index in [4.69, 9.17) is 23.8 Å². The van der Waals surface area contributed by atoms with Crippen LogP contribution < -0.4 is 0 Å². The summed E-state index contributed by atoms with van der Waals surface area (Å²) in [4.78, 5) is 14.8. The number of nitrogens with zero attached hydrogens (tertiary/aromatic N) is 3. The van der Waals surface area contributed by atoms with E-state index in [0.717, 1.165) is 77.3 Å². The number of fused-ring (bicyclic) bond motifs is 9. The summed E-state index contributed by atoms with van der Waals surface area (Å²) in [6.07, 6.45) is 0. The first kappa shape index (κ1) is 31.9. The molecule has 57 heavy (non-hydrogen) atoms. The number of aromatic nitrogens is 3. The summed E-state index contributed by atoms with van der Waals surface area (Å²) in [5.74, 6) is 1.83. The molecule has 12 aromatic rings. The van der Waals surface area contributed by atoms with Gasteiger partial charge in [0.2, 0.25) is 0 Å². The topological polar surface area (TPSA) is 65.0 Å². The average molecular weight is 748 g/mol. The predicted molar refractivity (Wildman–Crippen MR) is 234 cm³/mol. The van der Waals surface area contributed by atoms with E-state index in [1.54, 1.807) is 0 Å². The third-order valence-electron chi connectivity index (χ3n) is 10.9. The van der Waals surface area contributed by atoms with E-state index in [1.807, 2.05) is 90.2 Å². The van der Waals surface area contributed by atoms with Crippen molar-refractivity contribution in [2.24, 2.45) is 0 Å². The van der Waals surface area contributed by atoms with Crippen LogP contribution in [0.25, 0.3) is 120 Å². The third-order valence-corrected chi connectivity index (χ3v) is 12.2. The number of para-hydroxylation sites is 1. The predicted octanol–water partition coefficient (Wildman–Crippen LogP) is 14.4. The first-order chi connectivity index (χ1) is 28.2. The fraction of sp³-hybridized carbons (Fsp3) is 0. The lowest BCUT2D eigenvalue weighted by molar-refractivity contribution is 0.669. The molecule has 4 aromatic heterocycles. The lowest BCUT2D eigenvalue weighted by Crippen LogP contribution is -2.00. The molecule has 4 heterocycles. The Morgan fingerprint density at radius 3 is 1.74 bits per heavy atom. The summed E-state index contributed by atoms with van der Waals surface area (Å²) in [5.41, 5.74) is 10.6. The van der Waals surface area contributed by atoms with Crippen LogP contribution in [0.4, 0.5) is 0 Å². The molecule has 0 saturated carbocycles. The Labute approximate surface area is 330 Å². The van der Waals surface area contributed by atoms with Crippen molar-refractivity contribution in [3.63, 3.8) is 0 Å². The maximum Gasteiger partial charge on any atom is 0.164 e. The zero-order valence-corrected chi connectivity index (χ0v) is 31.1. The van der Waals surface area contributed by atoms with Gasteiger partial charge >= 0.3 is 0 Å². The Bertz CT molecular complexity index is 3470. The molecular weight excluding hydrogens is 719 g/mol. The van der Waals surface area contributed by atoms with E-state index in [-0.39, 0.29) is 0 Å². The lowest BCUT2D eigenvalue weighted by atomic mass is 9.93. The van der Waals surface area contributed by atoms with Crippen LogP contribution in [0.3, 0.4) is 0 Å². The molecule has 5 nitrogen and oxygen atoms in total. The Kier molecular flexibility index (Phi) is 7.03. The molecule has 0 aliphatic heterocycles. The fourth-order valence-corrected chi connectivity index (χ4v) is 9.47. The minimum Gasteiger partial charge on any atom is -0.456 e. The maximum absolute atomic E-state index is 6.59. The van der Waals surface area contributed by atoms with Gasteiger partial charge in [0.25, 0.3) is 0 Å². The van der Waals surface area contributed by atoms with Crippen molar-refractivity contribution in [3.05, 3.63) is 176 Å². The van der Waals surface area contributed by atoms with Gasteiger partial charge in [-0.3, -0.25) is 0 Å². The highest BCUT2D eigenvalue weighted by Crippen LogP contribution is 2.45. The SMILES string of the molecule is c1ccc(-c2nc(-c3ccccc3)nc(-c3ccc4c(c3)oc3ccc(-c5cc(-c6cccc7c6sc6ccccc67)cc6oc7ccccc7c56)cc34)n2)cc1. The quantitative estimate of drug-likeness (QED) is 0.175. The second kappa shape index (κ2) is 12.6.